The molecule has 18 heavy (non-hydrogen) atoms. The summed E-state index contributed by atoms with van der Waals surface area (Å²) in [6.45, 7) is 1.73. The maximum Gasteiger partial charge on any atom is 0.0485 e. The second kappa shape index (κ2) is 5.29. The number of hydrogen-bond donors (Lipinski definition) is 1. The highest BCUT2D eigenvalue weighted by Gasteiger charge is 2.14. The summed E-state index contributed by atoms with van der Waals surface area (Å²) in [6, 6.07) is 13.3. The topological polar surface area (TPSA) is 21.3 Å². The minimum absolute atomic E-state index is 0.531. The normalized spacial score (nSPS) is 16.9. The van der Waals surface area contributed by atoms with E-state index in [0.717, 1.165) is 30.5 Å². The predicted molar refractivity (Wildman–Crippen MR) is 79.1 cm³/mol. The number of ether oxygens (including phenoxy) is 1. The van der Waals surface area contributed by atoms with Crippen LogP contribution in [0.2, 0.25) is 0 Å². The zero-order valence-electron chi connectivity index (χ0n) is 10.2. The van der Waals surface area contributed by atoms with Gasteiger partial charge in [0.05, 0.1) is 0 Å². The number of nitrogens with one attached hydrogen (secondary N) is 1. The van der Waals surface area contributed by atoms with E-state index in [-0.39, 0.29) is 0 Å². The van der Waals surface area contributed by atoms with Crippen molar-refractivity contribution in [2.45, 2.75) is 18.9 Å². The molecule has 0 bridgehead atoms. The molecule has 2 aromatic rings. The molecule has 1 N–H and O–H groups in total. The number of rotatable bonds is 2. The summed E-state index contributed by atoms with van der Waals surface area (Å²) < 4.78 is 6.55. The van der Waals surface area contributed by atoms with E-state index in [1.807, 2.05) is 0 Å². The van der Waals surface area contributed by atoms with E-state index < -0.39 is 0 Å². The summed E-state index contributed by atoms with van der Waals surface area (Å²) in [5, 5.41) is 6.19. The van der Waals surface area contributed by atoms with Gasteiger partial charge in [0.15, 0.2) is 0 Å². The first kappa shape index (κ1) is 12.0. The van der Waals surface area contributed by atoms with Crippen LogP contribution in [0.5, 0.6) is 0 Å². The van der Waals surface area contributed by atoms with Crippen molar-refractivity contribution < 1.29 is 4.74 Å². The van der Waals surface area contributed by atoms with Crippen molar-refractivity contribution in [3.8, 4) is 0 Å². The third-order valence-electron chi connectivity index (χ3n) is 3.45. The van der Waals surface area contributed by atoms with Gasteiger partial charge in [-0.1, -0.05) is 40.2 Å². The SMILES string of the molecule is Brc1ccc(NC2CCOCC2)c2ccccc12. The van der Waals surface area contributed by atoms with E-state index >= 15 is 0 Å². The van der Waals surface area contributed by atoms with E-state index in [1.54, 1.807) is 0 Å². The third kappa shape index (κ3) is 2.38. The molecular formula is C15H16BrNO. The van der Waals surface area contributed by atoms with Gasteiger partial charge in [0.1, 0.15) is 0 Å². The highest BCUT2D eigenvalue weighted by molar-refractivity contribution is 9.10. The summed E-state index contributed by atoms with van der Waals surface area (Å²) >= 11 is 3.61. The minimum atomic E-state index is 0.531. The van der Waals surface area contributed by atoms with Crippen molar-refractivity contribution in [1.29, 1.82) is 0 Å². The maximum atomic E-state index is 5.40. The zero-order valence-corrected chi connectivity index (χ0v) is 11.7. The van der Waals surface area contributed by atoms with Crippen molar-refractivity contribution >= 4 is 32.4 Å². The molecule has 0 spiro atoms. The highest BCUT2D eigenvalue weighted by Crippen LogP contribution is 2.31. The Bertz CT molecular complexity index is 549. The van der Waals surface area contributed by atoms with Gasteiger partial charge >= 0.3 is 0 Å². The van der Waals surface area contributed by atoms with Gasteiger partial charge in [-0.25, -0.2) is 0 Å². The zero-order chi connectivity index (χ0) is 12.4. The number of anilines is 1. The summed E-state index contributed by atoms with van der Waals surface area (Å²) in [5.74, 6) is 0. The van der Waals surface area contributed by atoms with Crippen LogP contribution in [0.25, 0.3) is 10.8 Å². The van der Waals surface area contributed by atoms with E-state index in [0.29, 0.717) is 6.04 Å². The van der Waals surface area contributed by atoms with Crippen molar-refractivity contribution in [2.24, 2.45) is 0 Å². The first-order valence-electron chi connectivity index (χ1n) is 6.36. The molecule has 1 fully saturated rings. The lowest BCUT2D eigenvalue weighted by atomic mass is 10.1. The molecule has 0 unspecified atom stereocenters. The number of benzene rings is 2. The second-order valence-corrected chi connectivity index (χ2v) is 5.53. The molecule has 2 nitrogen and oxygen atoms in total. The van der Waals surface area contributed by atoms with Crippen molar-refractivity contribution in [3.63, 3.8) is 0 Å². The molecule has 0 amide bonds. The summed E-state index contributed by atoms with van der Waals surface area (Å²) in [4.78, 5) is 0. The smallest absolute Gasteiger partial charge is 0.0485 e. The molecule has 0 radical (unpaired) electrons. The molecule has 0 aliphatic carbocycles. The summed E-state index contributed by atoms with van der Waals surface area (Å²) in [6.07, 6.45) is 2.18. The van der Waals surface area contributed by atoms with Gasteiger partial charge in [0.2, 0.25) is 0 Å². The van der Waals surface area contributed by atoms with Crippen LogP contribution in [0.1, 0.15) is 12.8 Å². The lowest BCUT2D eigenvalue weighted by Crippen LogP contribution is -2.27. The molecule has 3 rings (SSSR count). The average molecular weight is 306 g/mol. The van der Waals surface area contributed by atoms with Crippen LogP contribution >= 0.6 is 15.9 Å². The Morgan fingerprint density at radius 3 is 2.50 bits per heavy atom. The van der Waals surface area contributed by atoms with Crippen LogP contribution in [0.15, 0.2) is 40.9 Å². The van der Waals surface area contributed by atoms with E-state index in [2.05, 4.69) is 57.6 Å². The number of halogens is 1. The molecule has 1 aliphatic heterocycles. The molecule has 0 aromatic heterocycles. The Morgan fingerprint density at radius 1 is 1.00 bits per heavy atom. The average Bonchev–Trinajstić information content (AvgIpc) is 2.44. The van der Waals surface area contributed by atoms with Gasteiger partial charge in [-0.3, -0.25) is 0 Å². The maximum absolute atomic E-state index is 5.40. The van der Waals surface area contributed by atoms with E-state index in [9.17, 15) is 0 Å². The Balaban J connectivity index is 1.94. The second-order valence-electron chi connectivity index (χ2n) is 4.67. The quantitative estimate of drug-likeness (QED) is 0.898. The van der Waals surface area contributed by atoms with Gasteiger partial charge in [0.25, 0.3) is 0 Å². The first-order valence-corrected chi connectivity index (χ1v) is 7.15. The molecule has 1 saturated heterocycles. The minimum Gasteiger partial charge on any atom is -0.382 e. The number of fused-ring (bicyclic) bond motifs is 1. The molecule has 2 aromatic carbocycles. The lowest BCUT2D eigenvalue weighted by molar-refractivity contribution is 0.0905. The summed E-state index contributed by atoms with van der Waals surface area (Å²) in [7, 11) is 0. The number of hydrogen-bond acceptors (Lipinski definition) is 2. The van der Waals surface area contributed by atoms with Crippen molar-refractivity contribution in [2.75, 3.05) is 18.5 Å². The predicted octanol–water partition coefficient (Wildman–Crippen LogP) is 4.19. The van der Waals surface area contributed by atoms with Crippen LogP contribution in [-0.4, -0.2) is 19.3 Å². The van der Waals surface area contributed by atoms with E-state index in [4.69, 9.17) is 4.74 Å². The fraction of sp³-hybridized carbons (Fsp3) is 0.333. The molecule has 0 saturated carbocycles. The monoisotopic (exact) mass is 305 g/mol. The van der Waals surface area contributed by atoms with Crippen LogP contribution in [0, 0.1) is 0 Å². The fourth-order valence-corrected chi connectivity index (χ4v) is 2.93. The molecule has 1 aliphatic rings. The largest absolute Gasteiger partial charge is 0.382 e. The van der Waals surface area contributed by atoms with Crippen LogP contribution in [0.3, 0.4) is 0 Å². The Morgan fingerprint density at radius 2 is 1.72 bits per heavy atom. The molecule has 3 heteroatoms. The van der Waals surface area contributed by atoms with Crippen LogP contribution in [-0.2, 0) is 4.74 Å². The van der Waals surface area contributed by atoms with Gasteiger partial charge in [-0.2, -0.15) is 0 Å². The van der Waals surface area contributed by atoms with Gasteiger partial charge in [-0.05, 0) is 30.4 Å². The highest BCUT2D eigenvalue weighted by atomic mass is 79.9. The fourth-order valence-electron chi connectivity index (χ4n) is 2.45. The summed E-state index contributed by atoms with van der Waals surface area (Å²) in [5.41, 5.74) is 1.22. The van der Waals surface area contributed by atoms with Crippen LogP contribution in [0.4, 0.5) is 5.69 Å². The van der Waals surface area contributed by atoms with Gasteiger partial charge < -0.3 is 10.1 Å². The Labute approximate surface area is 115 Å². The van der Waals surface area contributed by atoms with E-state index in [1.165, 1.54) is 16.5 Å². The molecule has 94 valence electrons. The Kier molecular flexibility index (Phi) is 3.52. The van der Waals surface area contributed by atoms with Gasteiger partial charge in [-0.15, -0.1) is 0 Å². The first-order chi connectivity index (χ1) is 8.84. The van der Waals surface area contributed by atoms with Crippen molar-refractivity contribution in [1.82, 2.24) is 0 Å². The van der Waals surface area contributed by atoms with Crippen molar-refractivity contribution in [3.05, 3.63) is 40.9 Å². The van der Waals surface area contributed by atoms with Gasteiger partial charge in [0, 0.05) is 34.8 Å². The Hall–Kier alpha value is -1.06. The molecule has 1 heterocycles. The van der Waals surface area contributed by atoms with Crippen LogP contribution < -0.4 is 5.32 Å². The standard InChI is InChI=1S/C15H16BrNO/c16-14-5-6-15(13-4-2-1-3-12(13)14)17-11-7-9-18-10-8-11/h1-6,11,17H,7-10H2. The molecule has 0 atom stereocenters. The lowest BCUT2D eigenvalue weighted by Gasteiger charge is -2.25. The third-order valence-corrected chi connectivity index (χ3v) is 4.14. The molecular weight excluding hydrogens is 290 g/mol.